The molecule has 2 aromatic carbocycles. The first-order chi connectivity index (χ1) is 11.1. The van der Waals surface area contributed by atoms with Crippen LogP contribution >= 0.6 is 23.4 Å². The minimum atomic E-state index is -0.265. The average molecular weight is 349 g/mol. The van der Waals surface area contributed by atoms with Gasteiger partial charge in [-0.05, 0) is 48.9 Å². The predicted molar refractivity (Wildman–Crippen MR) is 95.5 cm³/mol. The summed E-state index contributed by atoms with van der Waals surface area (Å²) in [6, 6.07) is 14.8. The van der Waals surface area contributed by atoms with Crippen LogP contribution in [-0.2, 0) is 4.79 Å². The topological polar surface area (TPSA) is 50.7 Å². The zero-order valence-electron chi connectivity index (χ0n) is 12.8. The van der Waals surface area contributed by atoms with Crippen molar-refractivity contribution in [1.29, 1.82) is 0 Å². The second kappa shape index (κ2) is 8.60. The number of rotatable bonds is 6. The van der Waals surface area contributed by atoms with E-state index in [1.807, 2.05) is 43.3 Å². The van der Waals surface area contributed by atoms with E-state index in [4.69, 9.17) is 16.3 Å². The molecule has 1 atom stereocenters. The maximum Gasteiger partial charge on any atom is 0.253 e. The Labute approximate surface area is 144 Å². The van der Waals surface area contributed by atoms with Gasteiger partial charge in [-0.15, -0.1) is 11.8 Å². The number of thioether (sulfide) groups is 1. The average Bonchev–Trinajstić information content (AvgIpc) is 2.57. The van der Waals surface area contributed by atoms with Crippen molar-refractivity contribution >= 4 is 35.5 Å². The summed E-state index contributed by atoms with van der Waals surface area (Å²) in [7, 11) is 1.60. The molecule has 0 spiro atoms. The van der Waals surface area contributed by atoms with E-state index in [0.717, 1.165) is 16.2 Å². The van der Waals surface area contributed by atoms with Crippen LogP contribution in [0.15, 0.2) is 58.5 Å². The smallest absolute Gasteiger partial charge is 0.253 e. The lowest BCUT2D eigenvalue weighted by molar-refractivity contribution is -0.120. The molecular formula is C17H17ClN2O2S. The zero-order valence-corrected chi connectivity index (χ0v) is 14.4. The Bertz CT molecular complexity index is 689. The Morgan fingerprint density at radius 2 is 2.04 bits per heavy atom. The number of benzene rings is 2. The third-order valence-corrected chi connectivity index (χ3v) is 4.34. The van der Waals surface area contributed by atoms with E-state index in [9.17, 15) is 4.79 Å². The van der Waals surface area contributed by atoms with Crippen LogP contribution in [0.4, 0.5) is 0 Å². The van der Waals surface area contributed by atoms with Crippen molar-refractivity contribution < 1.29 is 9.53 Å². The molecule has 6 heteroatoms. The molecule has 0 bridgehead atoms. The summed E-state index contributed by atoms with van der Waals surface area (Å²) >= 11 is 7.29. The maximum absolute atomic E-state index is 12.0. The largest absolute Gasteiger partial charge is 0.497 e. The van der Waals surface area contributed by atoms with Crippen LogP contribution in [0.25, 0.3) is 0 Å². The number of hydrazone groups is 1. The van der Waals surface area contributed by atoms with Crippen LogP contribution in [-0.4, -0.2) is 24.5 Å². The number of methoxy groups -OCH3 is 1. The highest BCUT2D eigenvalue weighted by Gasteiger charge is 2.13. The van der Waals surface area contributed by atoms with E-state index in [1.165, 1.54) is 11.8 Å². The zero-order chi connectivity index (χ0) is 16.7. The van der Waals surface area contributed by atoms with Gasteiger partial charge in [0.1, 0.15) is 5.75 Å². The normalized spacial score (nSPS) is 12.1. The number of halogens is 1. The molecular weight excluding hydrogens is 332 g/mol. The van der Waals surface area contributed by atoms with Gasteiger partial charge in [-0.25, -0.2) is 5.43 Å². The van der Waals surface area contributed by atoms with E-state index in [-0.39, 0.29) is 11.2 Å². The maximum atomic E-state index is 12.0. The molecule has 0 saturated heterocycles. The first kappa shape index (κ1) is 17.4. The van der Waals surface area contributed by atoms with Crippen molar-refractivity contribution in [2.24, 2.45) is 5.10 Å². The lowest BCUT2D eigenvalue weighted by atomic mass is 10.2. The Hall–Kier alpha value is -1.98. The van der Waals surface area contributed by atoms with Gasteiger partial charge in [-0.3, -0.25) is 4.79 Å². The molecule has 23 heavy (non-hydrogen) atoms. The summed E-state index contributed by atoms with van der Waals surface area (Å²) in [5, 5.41) is 4.39. The molecule has 0 radical (unpaired) electrons. The fourth-order valence-electron chi connectivity index (χ4n) is 1.75. The van der Waals surface area contributed by atoms with E-state index in [1.54, 1.807) is 25.5 Å². The second-order valence-electron chi connectivity index (χ2n) is 4.72. The van der Waals surface area contributed by atoms with E-state index in [0.29, 0.717) is 5.02 Å². The van der Waals surface area contributed by atoms with Crippen molar-refractivity contribution in [2.75, 3.05) is 7.11 Å². The second-order valence-corrected chi connectivity index (χ2v) is 6.58. The lowest BCUT2D eigenvalue weighted by Gasteiger charge is -2.09. The van der Waals surface area contributed by atoms with E-state index < -0.39 is 0 Å². The monoisotopic (exact) mass is 348 g/mol. The number of nitrogens with one attached hydrogen (secondary N) is 1. The standard InChI is InChI=1S/C17H17ClN2O2S/c1-12(23-16-8-6-14(18)7-9-16)17(21)20-19-11-13-4-3-5-15(10-13)22-2/h3-12H,1-2H3,(H,20,21)/b19-11+. The highest BCUT2D eigenvalue weighted by Crippen LogP contribution is 2.24. The number of nitrogens with zero attached hydrogens (tertiary/aromatic N) is 1. The summed E-state index contributed by atoms with van der Waals surface area (Å²) < 4.78 is 5.13. The fraction of sp³-hybridized carbons (Fsp3) is 0.176. The number of carbonyl (C=O) groups excluding carboxylic acids is 1. The summed E-state index contributed by atoms with van der Waals surface area (Å²) in [6.07, 6.45) is 1.58. The quantitative estimate of drug-likeness (QED) is 0.488. The summed E-state index contributed by atoms with van der Waals surface area (Å²) in [5.41, 5.74) is 3.39. The highest BCUT2D eigenvalue weighted by molar-refractivity contribution is 8.00. The van der Waals surface area contributed by atoms with Crippen LogP contribution < -0.4 is 10.2 Å². The molecule has 0 saturated carbocycles. The summed E-state index contributed by atoms with van der Waals surface area (Å²) in [4.78, 5) is 13.0. The number of hydrogen-bond acceptors (Lipinski definition) is 4. The van der Waals surface area contributed by atoms with Crippen LogP contribution in [0.3, 0.4) is 0 Å². The van der Waals surface area contributed by atoms with E-state index in [2.05, 4.69) is 10.5 Å². The van der Waals surface area contributed by atoms with Gasteiger partial charge >= 0.3 is 0 Å². The van der Waals surface area contributed by atoms with Crippen molar-refractivity contribution in [2.45, 2.75) is 17.1 Å². The number of carbonyl (C=O) groups is 1. The molecule has 0 aliphatic heterocycles. The highest BCUT2D eigenvalue weighted by atomic mass is 35.5. The lowest BCUT2D eigenvalue weighted by Crippen LogP contribution is -2.26. The SMILES string of the molecule is COc1cccc(/C=N/NC(=O)C(C)Sc2ccc(Cl)cc2)c1. The Kier molecular flexibility index (Phi) is 6.50. The van der Waals surface area contributed by atoms with Crippen molar-refractivity contribution in [1.82, 2.24) is 5.43 Å². The van der Waals surface area contributed by atoms with Crippen LogP contribution in [0, 0.1) is 0 Å². The summed E-state index contributed by atoms with van der Waals surface area (Å²) in [5.74, 6) is 0.580. The van der Waals surface area contributed by atoms with Crippen LogP contribution in [0.5, 0.6) is 5.75 Å². The van der Waals surface area contributed by atoms with Gasteiger partial charge in [0, 0.05) is 9.92 Å². The van der Waals surface area contributed by atoms with Crippen LogP contribution in [0.2, 0.25) is 5.02 Å². The number of hydrogen-bond donors (Lipinski definition) is 1. The minimum absolute atomic E-state index is 0.163. The van der Waals surface area contributed by atoms with Gasteiger partial charge in [-0.2, -0.15) is 5.10 Å². The van der Waals surface area contributed by atoms with Gasteiger partial charge < -0.3 is 4.74 Å². The van der Waals surface area contributed by atoms with Gasteiger partial charge in [0.2, 0.25) is 0 Å². The number of amides is 1. The summed E-state index contributed by atoms with van der Waals surface area (Å²) in [6.45, 7) is 1.83. The molecule has 0 fully saturated rings. The molecule has 4 nitrogen and oxygen atoms in total. The molecule has 1 N–H and O–H groups in total. The Morgan fingerprint density at radius 3 is 2.74 bits per heavy atom. The molecule has 0 heterocycles. The van der Waals surface area contributed by atoms with Gasteiger partial charge in [0.25, 0.3) is 5.91 Å². The molecule has 1 unspecified atom stereocenters. The molecule has 0 aliphatic carbocycles. The minimum Gasteiger partial charge on any atom is -0.497 e. The fourth-order valence-corrected chi connectivity index (χ4v) is 2.74. The first-order valence-corrected chi connectivity index (χ1v) is 8.23. The molecule has 0 aliphatic rings. The van der Waals surface area contributed by atoms with E-state index >= 15 is 0 Å². The Balaban J connectivity index is 1.88. The number of ether oxygens (including phenoxy) is 1. The molecule has 120 valence electrons. The first-order valence-electron chi connectivity index (χ1n) is 6.97. The van der Waals surface area contributed by atoms with Crippen LogP contribution in [0.1, 0.15) is 12.5 Å². The predicted octanol–water partition coefficient (Wildman–Crippen LogP) is 3.98. The van der Waals surface area contributed by atoms with Crippen molar-refractivity contribution in [3.05, 3.63) is 59.1 Å². The van der Waals surface area contributed by atoms with Gasteiger partial charge in [-0.1, -0.05) is 23.7 Å². The molecule has 2 rings (SSSR count). The van der Waals surface area contributed by atoms with Crippen molar-refractivity contribution in [3.63, 3.8) is 0 Å². The molecule has 0 aromatic heterocycles. The third kappa shape index (κ3) is 5.62. The van der Waals surface area contributed by atoms with Gasteiger partial charge in [0.05, 0.1) is 18.6 Å². The molecule has 2 aromatic rings. The Morgan fingerprint density at radius 1 is 1.30 bits per heavy atom. The van der Waals surface area contributed by atoms with Crippen molar-refractivity contribution in [3.8, 4) is 5.75 Å². The molecule has 1 amide bonds. The van der Waals surface area contributed by atoms with Gasteiger partial charge in [0.15, 0.2) is 0 Å². The third-order valence-electron chi connectivity index (χ3n) is 2.98.